The van der Waals surface area contributed by atoms with Gasteiger partial charge in [0.1, 0.15) is 5.82 Å². The number of benzene rings is 2. The summed E-state index contributed by atoms with van der Waals surface area (Å²) in [6, 6.07) is 14.2. The molecule has 1 aromatic heterocycles. The maximum Gasteiger partial charge on any atom is 0.280 e. The van der Waals surface area contributed by atoms with E-state index in [9.17, 15) is 14.0 Å². The van der Waals surface area contributed by atoms with Crippen LogP contribution in [0.25, 0.3) is 5.69 Å². The Kier molecular flexibility index (Phi) is 4.56. The average molecular weight is 338 g/mol. The molecule has 126 valence electrons. The lowest BCUT2D eigenvalue weighted by atomic mass is 10.2. The highest BCUT2D eigenvalue weighted by Crippen LogP contribution is 2.06. The number of nitrogens with one attached hydrogen (secondary N) is 2. The van der Waals surface area contributed by atoms with Crippen LogP contribution in [0, 0.1) is 12.7 Å². The molecule has 3 aromatic rings. The van der Waals surface area contributed by atoms with Crippen molar-refractivity contribution in [3.8, 4) is 5.69 Å². The van der Waals surface area contributed by atoms with E-state index in [-0.39, 0.29) is 11.1 Å². The molecule has 0 atom stereocenters. The molecule has 0 saturated heterocycles. The molecular formula is C18H15FN4O2. The Morgan fingerprint density at radius 2 is 1.84 bits per heavy atom. The van der Waals surface area contributed by atoms with E-state index in [1.807, 2.05) is 18.2 Å². The van der Waals surface area contributed by atoms with Gasteiger partial charge in [-0.2, -0.15) is 5.10 Å². The van der Waals surface area contributed by atoms with Gasteiger partial charge in [-0.1, -0.05) is 18.2 Å². The van der Waals surface area contributed by atoms with Crippen LogP contribution >= 0.6 is 0 Å². The summed E-state index contributed by atoms with van der Waals surface area (Å²) in [4.78, 5) is 24.4. The summed E-state index contributed by atoms with van der Waals surface area (Å²) < 4.78 is 14.3. The zero-order valence-corrected chi connectivity index (χ0v) is 13.4. The standard InChI is InChI=1S/C18H15FN4O2/c1-12-16(18(25)23(22-12)15-5-3-2-4-6-15)11-20-21-17(24)13-7-9-14(19)10-8-13/h2-11,22H,1H3,(H,21,24)/b20-11+. The third-order valence-electron chi connectivity index (χ3n) is 3.60. The molecule has 0 aliphatic heterocycles. The van der Waals surface area contributed by atoms with E-state index < -0.39 is 11.7 Å². The fourth-order valence-corrected chi connectivity index (χ4v) is 2.29. The number of hydrogen-bond acceptors (Lipinski definition) is 3. The second-order valence-corrected chi connectivity index (χ2v) is 5.33. The molecule has 0 aliphatic rings. The van der Waals surface area contributed by atoms with Crippen LogP contribution in [0.3, 0.4) is 0 Å². The van der Waals surface area contributed by atoms with Gasteiger partial charge in [0.05, 0.1) is 17.5 Å². The number of aryl methyl sites for hydroxylation is 1. The number of para-hydroxylation sites is 1. The predicted octanol–water partition coefficient (Wildman–Crippen LogP) is 2.38. The van der Waals surface area contributed by atoms with Crippen LogP contribution in [-0.4, -0.2) is 21.9 Å². The van der Waals surface area contributed by atoms with Gasteiger partial charge in [0.2, 0.25) is 0 Å². The molecule has 6 nitrogen and oxygen atoms in total. The van der Waals surface area contributed by atoms with Gasteiger partial charge in [0.15, 0.2) is 0 Å². The fraction of sp³-hybridized carbons (Fsp3) is 0.0556. The second kappa shape index (κ2) is 6.96. The number of nitrogens with zero attached hydrogens (tertiary/aromatic N) is 2. The molecule has 3 rings (SSSR count). The lowest BCUT2D eigenvalue weighted by molar-refractivity contribution is 0.0955. The van der Waals surface area contributed by atoms with Crippen LogP contribution in [0.5, 0.6) is 0 Å². The van der Waals surface area contributed by atoms with Crippen molar-refractivity contribution in [3.05, 3.63) is 87.6 Å². The molecule has 0 saturated carbocycles. The van der Waals surface area contributed by atoms with E-state index in [2.05, 4.69) is 15.6 Å². The molecule has 25 heavy (non-hydrogen) atoms. The first-order valence-corrected chi connectivity index (χ1v) is 7.52. The lowest BCUT2D eigenvalue weighted by Gasteiger charge is -1.99. The molecule has 0 aliphatic carbocycles. The molecule has 2 N–H and O–H groups in total. The quantitative estimate of drug-likeness (QED) is 0.566. The van der Waals surface area contributed by atoms with Crippen molar-refractivity contribution in [2.45, 2.75) is 6.92 Å². The van der Waals surface area contributed by atoms with E-state index in [0.29, 0.717) is 16.9 Å². The number of amides is 1. The number of rotatable bonds is 4. The zero-order chi connectivity index (χ0) is 17.8. The maximum absolute atomic E-state index is 12.9. The highest BCUT2D eigenvalue weighted by Gasteiger charge is 2.10. The zero-order valence-electron chi connectivity index (χ0n) is 13.4. The Labute approximate surface area is 142 Å². The van der Waals surface area contributed by atoms with Crippen LogP contribution in [0.4, 0.5) is 4.39 Å². The number of carbonyl (C=O) groups is 1. The van der Waals surface area contributed by atoms with Crippen molar-refractivity contribution < 1.29 is 9.18 Å². The monoisotopic (exact) mass is 338 g/mol. The minimum atomic E-state index is -0.493. The van der Waals surface area contributed by atoms with Gasteiger partial charge in [0.25, 0.3) is 11.5 Å². The smallest absolute Gasteiger partial charge is 0.280 e. The van der Waals surface area contributed by atoms with Crippen molar-refractivity contribution in [1.29, 1.82) is 0 Å². The normalized spacial score (nSPS) is 11.0. The maximum atomic E-state index is 12.9. The van der Waals surface area contributed by atoms with E-state index >= 15 is 0 Å². The van der Waals surface area contributed by atoms with Crippen LogP contribution in [0.2, 0.25) is 0 Å². The van der Waals surface area contributed by atoms with Crippen LogP contribution < -0.4 is 11.0 Å². The summed E-state index contributed by atoms with van der Waals surface area (Å²) in [5.74, 6) is -0.919. The third-order valence-corrected chi connectivity index (χ3v) is 3.60. The first-order valence-electron chi connectivity index (χ1n) is 7.52. The van der Waals surface area contributed by atoms with Crippen molar-refractivity contribution in [3.63, 3.8) is 0 Å². The molecule has 0 unspecified atom stereocenters. The van der Waals surface area contributed by atoms with Gasteiger partial charge in [0, 0.05) is 11.3 Å². The van der Waals surface area contributed by atoms with Gasteiger partial charge < -0.3 is 0 Å². The van der Waals surface area contributed by atoms with E-state index in [1.54, 1.807) is 19.1 Å². The highest BCUT2D eigenvalue weighted by atomic mass is 19.1. The topological polar surface area (TPSA) is 79.2 Å². The Hall–Kier alpha value is -3.48. The Bertz CT molecular complexity index is 973. The molecule has 0 spiro atoms. The van der Waals surface area contributed by atoms with E-state index in [1.165, 1.54) is 35.2 Å². The molecule has 1 heterocycles. The Balaban J connectivity index is 1.78. The molecule has 2 aromatic carbocycles. The number of hydrogen-bond donors (Lipinski definition) is 2. The van der Waals surface area contributed by atoms with Gasteiger partial charge in [-0.3, -0.25) is 14.7 Å². The minimum absolute atomic E-state index is 0.269. The van der Waals surface area contributed by atoms with Crippen LogP contribution in [0.1, 0.15) is 21.6 Å². The molecule has 0 fully saturated rings. The van der Waals surface area contributed by atoms with Gasteiger partial charge in [-0.25, -0.2) is 14.5 Å². The molecular weight excluding hydrogens is 323 g/mol. The Morgan fingerprint density at radius 1 is 1.16 bits per heavy atom. The average Bonchev–Trinajstić information content (AvgIpc) is 2.91. The molecule has 1 amide bonds. The predicted molar refractivity (Wildman–Crippen MR) is 92.6 cm³/mol. The van der Waals surface area contributed by atoms with Crippen molar-refractivity contribution >= 4 is 12.1 Å². The van der Waals surface area contributed by atoms with Crippen molar-refractivity contribution in [2.24, 2.45) is 5.10 Å². The Morgan fingerprint density at radius 3 is 2.52 bits per heavy atom. The van der Waals surface area contributed by atoms with Crippen molar-refractivity contribution in [1.82, 2.24) is 15.2 Å². The molecule has 7 heteroatoms. The number of H-pyrrole nitrogens is 1. The summed E-state index contributed by atoms with van der Waals surface area (Å²) in [6.45, 7) is 1.74. The first-order chi connectivity index (χ1) is 12.1. The fourth-order valence-electron chi connectivity index (χ4n) is 2.29. The van der Waals surface area contributed by atoms with Crippen molar-refractivity contribution in [2.75, 3.05) is 0 Å². The lowest BCUT2D eigenvalue weighted by Crippen LogP contribution is -2.20. The molecule has 0 radical (unpaired) electrons. The van der Waals surface area contributed by atoms with Crippen LogP contribution in [-0.2, 0) is 0 Å². The minimum Gasteiger partial charge on any atom is -0.295 e. The number of hydrazone groups is 1. The summed E-state index contributed by atoms with van der Waals surface area (Å²) in [6.07, 6.45) is 1.29. The largest absolute Gasteiger partial charge is 0.295 e. The summed E-state index contributed by atoms with van der Waals surface area (Å²) in [5, 5.41) is 6.78. The first kappa shape index (κ1) is 16.4. The van der Waals surface area contributed by atoms with Gasteiger partial charge >= 0.3 is 0 Å². The number of carbonyl (C=O) groups excluding carboxylic acids is 1. The number of aromatic nitrogens is 2. The number of aromatic amines is 1. The van der Waals surface area contributed by atoms with Crippen LogP contribution in [0.15, 0.2) is 64.5 Å². The highest BCUT2D eigenvalue weighted by molar-refractivity contribution is 5.94. The van der Waals surface area contributed by atoms with Gasteiger partial charge in [-0.05, 0) is 43.3 Å². The summed E-state index contributed by atoms with van der Waals surface area (Å²) in [7, 11) is 0. The summed E-state index contributed by atoms with van der Waals surface area (Å²) in [5.41, 5.74) is 3.97. The van der Waals surface area contributed by atoms with Gasteiger partial charge in [-0.15, -0.1) is 0 Å². The third kappa shape index (κ3) is 3.55. The SMILES string of the molecule is Cc1[nH]n(-c2ccccc2)c(=O)c1/C=N/NC(=O)c1ccc(F)cc1. The molecule has 0 bridgehead atoms. The van der Waals surface area contributed by atoms with E-state index in [0.717, 1.165) is 0 Å². The second-order valence-electron chi connectivity index (χ2n) is 5.33. The number of halogens is 1. The van der Waals surface area contributed by atoms with E-state index in [4.69, 9.17) is 0 Å². The summed E-state index contributed by atoms with van der Waals surface area (Å²) >= 11 is 0.